The predicted molar refractivity (Wildman–Crippen MR) is 132 cm³/mol. The number of anilines is 1. The van der Waals surface area contributed by atoms with Crippen LogP contribution in [0.25, 0.3) is 6.08 Å². The van der Waals surface area contributed by atoms with Gasteiger partial charge in [0.2, 0.25) is 0 Å². The quantitative estimate of drug-likeness (QED) is 0.438. The number of aromatic nitrogens is 1. The van der Waals surface area contributed by atoms with E-state index in [1.165, 1.54) is 11.3 Å². The van der Waals surface area contributed by atoms with Crippen LogP contribution >= 0.6 is 27.3 Å². The molecule has 1 amide bonds. The van der Waals surface area contributed by atoms with Crippen molar-refractivity contribution in [2.75, 3.05) is 5.32 Å². The Bertz CT molecular complexity index is 1530. The maximum absolute atomic E-state index is 13.5. The van der Waals surface area contributed by atoms with E-state index in [0.29, 0.717) is 26.3 Å². The first-order valence-electron chi connectivity index (χ1n) is 10.2. The number of nitrogens with one attached hydrogen (secondary N) is 1. The van der Waals surface area contributed by atoms with Gasteiger partial charge in [0, 0.05) is 15.7 Å². The first kappa shape index (κ1) is 21.4. The van der Waals surface area contributed by atoms with Crippen molar-refractivity contribution in [3.63, 3.8) is 0 Å². The van der Waals surface area contributed by atoms with Crippen LogP contribution < -0.4 is 20.2 Å². The molecule has 0 spiro atoms. The molecular weight excluding hydrogens is 502 g/mol. The molecule has 6 nitrogen and oxygen atoms in total. The van der Waals surface area contributed by atoms with Crippen molar-refractivity contribution >= 4 is 44.9 Å². The van der Waals surface area contributed by atoms with E-state index in [1.54, 1.807) is 36.2 Å². The summed E-state index contributed by atoms with van der Waals surface area (Å²) in [5.74, 6) is -0.292. The number of rotatable bonds is 4. The highest BCUT2D eigenvalue weighted by Crippen LogP contribution is 2.31. The highest BCUT2D eigenvalue weighted by molar-refractivity contribution is 9.10. The fourth-order valence-electron chi connectivity index (χ4n) is 3.80. The Morgan fingerprint density at radius 3 is 2.61 bits per heavy atom. The number of benzene rings is 2. The minimum atomic E-state index is -0.607. The minimum absolute atomic E-state index is 0.203. The molecule has 0 saturated heterocycles. The van der Waals surface area contributed by atoms with Crippen molar-refractivity contribution in [2.45, 2.75) is 13.0 Å². The van der Waals surface area contributed by atoms with E-state index >= 15 is 0 Å². The van der Waals surface area contributed by atoms with Gasteiger partial charge in [-0.15, -0.1) is 0 Å². The zero-order chi connectivity index (χ0) is 22.9. The van der Waals surface area contributed by atoms with Gasteiger partial charge in [-0.1, -0.05) is 57.6 Å². The minimum Gasteiger partial charge on any atom is -0.472 e. The highest BCUT2D eigenvalue weighted by atomic mass is 79.9. The van der Waals surface area contributed by atoms with Crippen molar-refractivity contribution in [3.8, 4) is 0 Å². The number of allylic oxidation sites excluding steroid dienone is 1. The second-order valence-electron chi connectivity index (χ2n) is 7.51. The Labute approximate surface area is 201 Å². The topological polar surface area (TPSA) is 76.6 Å². The maximum Gasteiger partial charge on any atom is 0.271 e. The van der Waals surface area contributed by atoms with E-state index < -0.39 is 6.04 Å². The molecule has 1 aliphatic rings. The van der Waals surface area contributed by atoms with Crippen LogP contribution in [-0.4, -0.2) is 10.5 Å². The third kappa shape index (κ3) is 4.15. The van der Waals surface area contributed by atoms with E-state index in [1.807, 2.05) is 54.6 Å². The van der Waals surface area contributed by atoms with Gasteiger partial charge in [0.1, 0.15) is 0 Å². The second-order valence-corrected chi connectivity index (χ2v) is 9.43. The lowest BCUT2D eigenvalue weighted by Crippen LogP contribution is -2.40. The normalized spacial score (nSPS) is 15.8. The summed E-state index contributed by atoms with van der Waals surface area (Å²) < 4.78 is 8.17. The Morgan fingerprint density at radius 1 is 1.15 bits per heavy atom. The van der Waals surface area contributed by atoms with Gasteiger partial charge in [0.15, 0.2) is 4.80 Å². The second kappa shape index (κ2) is 8.80. The Morgan fingerprint density at radius 2 is 1.91 bits per heavy atom. The molecule has 0 bridgehead atoms. The number of halogens is 1. The number of carbonyl (C=O) groups is 1. The van der Waals surface area contributed by atoms with Gasteiger partial charge in [-0.25, -0.2) is 4.99 Å². The summed E-state index contributed by atoms with van der Waals surface area (Å²) in [6.45, 7) is 1.80. The number of fused-ring (bicyclic) bond motifs is 1. The van der Waals surface area contributed by atoms with Crippen molar-refractivity contribution in [1.29, 1.82) is 0 Å². The van der Waals surface area contributed by atoms with Crippen LogP contribution in [0.1, 0.15) is 24.1 Å². The van der Waals surface area contributed by atoms with Gasteiger partial charge in [-0.05, 0) is 48.9 Å². The van der Waals surface area contributed by atoms with Gasteiger partial charge in [-0.3, -0.25) is 14.2 Å². The molecule has 8 heteroatoms. The van der Waals surface area contributed by atoms with Crippen LogP contribution in [0.2, 0.25) is 0 Å². The summed E-state index contributed by atoms with van der Waals surface area (Å²) in [5.41, 5.74) is 3.09. The van der Waals surface area contributed by atoms with Crippen molar-refractivity contribution in [2.24, 2.45) is 4.99 Å². The molecule has 1 unspecified atom stereocenters. The van der Waals surface area contributed by atoms with Gasteiger partial charge < -0.3 is 9.73 Å². The molecule has 0 saturated carbocycles. The first-order valence-corrected chi connectivity index (χ1v) is 11.8. The fraction of sp³-hybridized carbons (Fsp3) is 0.0800. The number of hydrogen-bond acceptors (Lipinski definition) is 5. The third-order valence-corrected chi connectivity index (χ3v) is 6.84. The molecular formula is C25H18BrN3O3S. The number of amides is 1. The first-order chi connectivity index (χ1) is 16.0. The largest absolute Gasteiger partial charge is 0.472 e. The smallest absolute Gasteiger partial charge is 0.271 e. The van der Waals surface area contributed by atoms with Crippen molar-refractivity contribution in [3.05, 3.63) is 120 Å². The van der Waals surface area contributed by atoms with Crippen LogP contribution in [0.4, 0.5) is 5.69 Å². The van der Waals surface area contributed by atoms with Gasteiger partial charge in [-0.2, -0.15) is 0 Å². The molecule has 164 valence electrons. The van der Waals surface area contributed by atoms with Crippen LogP contribution in [0, 0.1) is 0 Å². The van der Waals surface area contributed by atoms with E-state index in [2.05, 4.69) is 26.2 Å². The Hall–Kier alpha value is -3.49. The summed E-state index contributed by atoms with van der Waals surface area (Å²) in [7, 11) is 0. The molecule has 2 aromatic carbocycles. The monoisotopic (exact) mass is 519 g/mol. The molecule has 1 atom stereocenters. The Balaban J connectivity index is 1.68. The van der Waals surface area contributed by atoms with Crippen molar-refractivity contribution in [1.82, 2.24) is 4.57 Å². The molecule has 33 heavy (non-hydrogen) atoms. The molecule has 4 aromatic rings. The van der Waals surface area contributed by atoms with Crippen molar-refractivity contribution < 1.29 is 9.21 Å². The van der Waals surface area contributed by atoms with Crippen LogP contribution in [0.3, 0.4) is 0 Å². The molecule has 0 fully saturated rings. The van der Waals surface area contributed by atoms with Crippen LogP contribution in [0.15, 0.2) is 103 Å². The fourth-order valence-corrected chi connectivity index (χ4v) is 5.11. The maximum atomic E-state index is 13.5. The summed E-state index contributed by atoms with van der Waals surface area (Å²) in [5, 5.41) is 2.95. The van der Waals surface area contributed by atoms with E-state index in [4.69, 9.17) is 4.42 Å². The average molecular weight is 520 g/mol. The van der Waals surface area contributed by atoms with Crippen LogP contribution in [-0.2, 0) is 4.79 Å². The van der Waals surface area contributed by atoms with Crippen LogP contribution in [0.5, 0.6) is 0 Å². The number of para-hydroxylation sites is 1. The van der Waals surface area contributed by atoms with Gasteiger partial charge in [0.05, 0.1) is 34.4 Å². The molecule has 0 radical (unpaired) electrons. The van der Waals surface area contributed by atoms with E-state index in [9.17, 15) is 9.59 Å². The SMILES string of the molecule is CC1=C(C(=O)Nc2ccccc2)C(c2ccc(Br)cc2)n2c(sc(=Cc3ccoc3)c2=O)=N1. The molecule has 1 aliphatic heterocycles. The molecule has 1 N–H and O–H groups in total. The summed E-state index contributed by atoms with van der Waals surface area (Å²) in [6, 6.07) is 18.0. The third-order valence-electron chi connectivity index (χ3n) is 5.32. The lowest BCUT2D eigenvalue weighted by Gasteiger charge is -2.25. The van der Waals surface area contributed by atoms with Gasteiger partial charge in [0.25, 0.3) is 11.5 Å². The Kier molecular flexibility index (Phi) is 5.70. The lowest BCUT2D eigenvalue weighted by atomic mass is 9.95. The summed E-state index contributed by atoms with van der Waals surface area (Å²) in [6.07, 6.45) is 4.91. The number of carbonyl (C=O) groups excluding carboxylic acids is 1. The van der Waals surface area contributed by atoms with E-state index in [0.717, 1.165) is 15.6 Å². The predicted octanol–water partition coefficient (Wildman–Crippen LogP) is 4.23. The number of nitrogens with zero attached hydrogens (tertiary/aromatic N) is 2. The average Bonchev–Trinajstić information content (AvgIpc) is 3.42. The number of thiazole rings is 1. The molecule has 2 aromatic heterocycles. The molecule has 0 aliphatic carbocycles. The number of hydrogen-bond donors (Lipinski definition) is 1. The lowest BCUT2D eigenvalue weighted by molar-refractivity contribution is -0.113. The standard InChI is InChI=1S/C25H18BrN3O3S/c1-15-21(23(30)28-19-5-3-2-4-6-19)22(17-7-9-18(26)10-8-17)29-24(31)20(33-25(29)27-15)13-16-11-12-32-14-16/h2-14,22H,1H3,(H,28,30). The summed E-state index contributed by atoms with van der Waals surface area (Å²) >= 11 is 4.76. The zero-order valence-corrected chi connectivity index (χ0v) is 19.9. The van der Waals surface area contributed by atoms with Gasteiger partial charge >= 0.3 is 0 Å². The highest BCUT2D eigenvalue weighted by Gasteiger charge is 2.32. The molecule has 3 heterocycles. The zero-order valence-electron chi connectivity index (χ0n) is 17.5. The van der Waals surface area contributed by atoms with E-state index in [-0.39, 0.29) is 11.5 Å². The summed E-state index contributed by atoms with van der Waals surface area (Å²) in [4.78, 5) is 32.1. The number of furan rings is 1. The molecule has 5 rings (SSSR count).